The number of rotatable bonds is 5. The smallest absolute Gasteiger partial charge is 0.00721 e. The van der Waals surface area contributed by atoms with Crippen molar-refractivity contribution in [2.24, 2.45) is 11.8 Å². The summed E-state index contributed by atoms with van der Waals surface area (Å²) in [4.78, 5) is 0. The second-order valence-corrected chi connectivity index (χ2v) is 5.50. The van der Waals surface area contributed by atoms with Gasteiger partial charge in [0.25, 0.3) is 0 Å². The van der Waals surface area contributed by atoms with Gasteiger partial charge in [-0.25, -0.2) is 0 Å². The van der Waals surface area contributed by atoms with Crippen molar-refractivity contribution in [2.45, 2.75) is 78.3 Å². The van der Waals surface area contributed by atoms with Gasteiger partial charge in [0.05, 0.1) is 0 Å². The maximum atomic E-state index is 3.85. The van der Waals surface area contributed by atoms with E-state index >= 15 is 0 Å². The van der Waals surface area contributed by atoms with Crippen LogP contribution in [0.1, 0.15) is 66.2 Å². The van der Waals surface area contributed by atoms with Crippen molar-refractivity contribution < 1.29 is 0 Å². The zero-order valence-corrected chi connectivity index (χ0v) is 11.1. The highest BCUT2D eigenvalue weighted by molar-refractivity contribution is 4.80. The van der Waals surface area contributed by atoms with E-state index in [4.69, 9.17) is 0 Å². The molecule has 3 unspecified atom stereocenters. The molecule has 0 saturated heterocycles. The van der Waals surface area contributed by atoms with E-state index < -0.39 is 0 Å². The molecule has 15 heavy (non-hydrogen) atoms. The van der Waals surface area contributed by atoms with Crippen molar-refractivity contribution in [3.05, 3.63) is 0 Å². The summed E-state index contributed by atoms with van der Waals surface area (Å²) in [5.74, 6) is 1.80. The molecule has 0 bridgehead atoms. The zero-order chi connectivity index (χ0) is 11.3. The van der Waals surface area contributed by atoms with Gasteiger partial charge in [-0.05, 0) is 31.6 Å². The Kier molecular flexibility index (Phi) is 5.66. The van der Waals surface area contributed by atoms with Crippen molar-refractivity contribution in [2.75, 3.05) is 0 Å². The van der Waals surface area contributed by atoms with Crippen LogP contribution in [0.2, 0.25) is 0 Å². The molecule has 0 aliphatic heterocycles. The molecule has 0 aromatic carbocycles. The Morgan fingerprint density at radius 3 is 2.40 bits per heavy atom. The lowest BCUT2D eigenvalue weighted by Crippen LogP contribution is -2.42. The fraction of sp³-hybridized carbons (Fsp3) is 1.00. The van der Waals surface area contributed by atoms with Gasteiger partial charge in [-0.15, -0.1) is 0 Å². The van der Waals surface area contributed by atoms with Crippen LogP contribution in [0.3, 0.4) is 0 Å². The van der Waals surface area contributed by atoms with Crippen molar-refractivity contribution >= 4 is 0 Å². The molecule has 0 heterocycles. The lowest BCUT2D eigenvalue weighted by atomic mass is 9.85. The molecule has 1 nitrogen and oxygen atoms in total. The maximum absolute atomic E-state index is 3.85. The molecular formula is C14H29N. The minimum absolute atomic E-state index is 0.704. The van der Waals surface area contributed by atoms with E-state index in [2.05, 4.69) is 33.0 Å². The molecule has 1 rings (SSSR count). The molecule has 1 N–H and O–H groups in total. The molecule has 0 radical (unpaired) electrons. The zero-order valence-electron chi connectivity index (χ0n) is 11.1. The fourth-order valence-electron chi connectivity index (χ4n) is 3.09. The van der Waals surface area contributed by atoms with Crippen LogP contribution in [-0.2, 0) is 0 Å². The van der Waals surface area contributed by atoms with Gasteiger partial charge in [0, 0.05) is 12.1 Å². The molecule has 1 aliphatic rings. The Morgan fingerprint density at radius 1 is 1.20 bits per heavy atom. The Hall–Kier alpha value is -0.0400. The lowest BCUT2D eigenvalue weighted by Gasteiger charge is -2.33. The molecule has 90 valence electrons. The molecule has 1 saturated carbocycles. The maximum Gasteiger partial charge on any atom is 0.00721 e. The summed E-state index contributed by atoms with van der Waals surface area (Å²) in [7, 11) is 0. The third-order valence-corrected chi connectivity index (χ3v) is 4.19. The monoisotopic (exact) mass is 211 g/mol. The summed E-state index contributed by atoms with van der Waals surface area (Å²) >= 11 is 0. The van der Waals surface area contributed by atoms with E-state index in [1.165, 1.54) is 38.5 Å². The Morgan fingerprint density at radius 2 is 1.87 bits per heavy atom. The minimum atomic E-state index is 0.704. The summed E-state index contributed by atoms with van der Waals surface area (Å²) in [6, 6.07) is 1.50. The van der Waals surface area contributed by atoms with E-state index in [0.717, 1.165) is 17.9 Å². The number of hydrogen-bond donors (Lipinski definition) is 1. The average Bonchev–Trinajstić information content (AvgIpc) is 2.19. The largest absolute Gasteiger partial charge is 0.311 e. The molecule has 0 aromatic heterocycles. The molecule has 0 aromatic rings. The van der Waals surface area contributed by atoms with Gasteiger partial charge in [0.2, 0.25) is 0 Å². The van der Waals surface area contributed by atoms with Crippen molar-refractivity contribution in [1.29, 1.82) is 0 Å². The standard InChI is InChI=1S/C14H29N/c1-5-13(6-2)12(4)15-14-9-7-8-11(3)10-14/h11-15H,5-10H2,1-4H3. The average molecular weight is 211 g/mol. The van der Waals surface area contributed by atoms with Gasteiger partial charge in [-0.1, -0.05) is 46.5 Å². The molecular weight excluding hydrogens is 182 g/mol. The van der Waals surface area contributed by atoms with E-state index in [0.29, 0.717) is 6.04 Å². The predicted octanol–water partition coefficient (Wildman–Crippen LogP) is 3.98. The Bertz CT molecular complexity index is 163. The minimum Gasteiger partial charge on any atom is -0.311 e. The summed E-state index contributed by atoms with van der Waals surface area (Å²) in [6.07, 6.45) is 8.28. The summed E-state index contributed by atoms with van der Waals surface area (Å²) in [5, 5.41) is 3.85. The van der Waals surface area contributed by atoms with Crippen LogP contribution in [0.25, 0.3) is 0 Å². The van der Waals surface area contributed by atoms with E-state index in [-0.39, 0.29) is 0 Å². The van der Waals surface area contributed by atoms with Gasteiger partial charge < -0.3 is 5.32 Å². The van der Waals surface area contributed by atoms with Crippen molar-refractivity contribution in [3.8, 4) is 0 Å². The molecule has 1 fully saturated rings. The topological polar surface area (TPSA) is 12.0 Å². The van der Waals surface area contributed by atoms with Crippen LogP contribution in [0.15, 0.2) is 0 Å². The third-order valence-electron chi connectivity index (χ3n) is 4.19. The first kappa shape index (κ1) is 13.0. The summed E-state index contributed by atoms with van der Waals surface area (Å²) in [5.41, 5.74) is 0. The first-order chi connectivity index (χ1) is 7.17. The molecule has 3 atom stereocenters. The van der Waals surface area contributed by atoms with Crippen LogP contribution in [0.4, 0.5) is 0 Å². The fourth-order valence-corrected chi connectivity index (χ4v) is 3.09. The number of nitrogens with one attached hydrogen (secondary N) is 1. The molecule has 0 amide bonds. The van der Waals surface area contributed by atoms with Gasteiger partial charge in [-0.2, -0.15) is 0 Å². The van der Waals surface area contributed by atoms with Crippen LogP contribution in [-0.4, -0.2) is 12.1 Å². The Balaban J connectivity index is 2.32. The van der Waals surface area contributed by atoms with Crippen LogP contribution in [0.5, 0.6) is 0 Å². The van der Waals surface area contributed by atoms with Crippen LogP contribution in [0, 0.1) is 11.8 Å². The highest BCUT2D eigenvalue weighted by atomic mass is 15.0. The second kappa shape index (κ2) is 6.52. The van der Waals surface area contributed by atoms with E-state index in [9.17, 15) is 0 Å². The van der Waals surface area contributed by atoms with Gasteiger partial charge >= 0.3 is 0 Å². The van der Waals surface area contributed by atoms with Gasteiger partial charge in [0.1, 0.15) is 0 Å². The number of hydrogen-bond acceptors (Lipinski definition) is 1. The normalized spacial score (nSPS) is 29.4. The van der Waals surface area contributed by atoms with Crippen molar-refractivity contribution in [3.63, 3.8) is 0 Å². The quantitative estimate of drug-likeness (QED) is 0.725. The lowest BCUT2D eigenvalue weighted by molar-refractivity contribution is 0.249. The van der Waals surface area contributed by atoms with E-state index in [1.807, 2.05) is 0 Å². The van der Waals surface area contributed by atoms with Gasteiger partial charge in [0.15, 0.2) is 0 Å². The summed E-state index contributed by atoms with van der Waals surface area (Å²) in [6.45, 7) is 9.40. The first-order valence-corrected chi connectivity index (χ1v) is 6.93. The van der Waals surface area contributed by atoms with Gasteiger partial charge in [-0.3, -0.25) is 0 Å². The van der Waals surface area contributed by atoms with Crippen LogP contribution < -0.4 is 5.32 Å². The second-order valence-electron chi connectivity index (χ2n) is 5.50. The molecule has 1 heteroatoms. The predicted molar refractivity (Wildman–Crippen MR) is 68.1 cm³/mol. The van der Waals surface area contributed by atoms with Crippen LogP contribution >= 0.6 is 0 Å². The SMILES string of the molecule is CCC(CC)C(C)NC1CCCC(C)C1. The van der Waals surface area contributed by atoms with E-state index in [1.54, 1.807) is 0 Å². The highest BCUT2D eigenvalue weighted by Gasteiger charge is 2.22. The summed E-state index contributed by atoms with van der Waals surface area (Å²) < 4.78 is 0. The first-order valence-electron chi connectivity index (χ1n) is 6.93. The molecule has 0 spiro atoms. The third kappa shape index (κ3) is 4.14. The Labute approximate surface area is 96.0 Å². The molecule has 1 aliphatic carbocycles. The van der Waals surface area contributed by atoms with Crippen molar-refractivity contribution in [1.82, 2.24) is 5.32 Å². The highest BCUT2D eigenvalue weighted by Crippen LogP contribution is 2.25.